The second-order valence-electron chi connectivity index (χ2n) is 12.4. The summed E-state index contributed by atoms with van der Waals surface area (Å²) in [5, 5.41) is 9.52. The van der Waals surface area contributed by atoms with Crippen molar-refractivity contribution in [3.63, 3.8) is 0 Å². The van der Waals surface area contributed by atoms with Gasteiger partial charge >= 0.3 is 5.97 Å². The number of esters is 1. The van der Waals surface area contributed by atoms with Crippen molar-refractivity contribution in [1.82, 2.24) is 0 Å². The Bertz CT molecular complexity index is 1140. The summed E-state index contributed by atoms with van der Waals surface area (Å²) in [6.07, 6.45) is 7.97. The van der Waals surface area contributed by atoms with Gasteiger partial charge in [-0.2, -0.15) is 0 Å². The molecule has 234 valence electrons. The largest absolute Gasteiger partial charge is 0.494 e. The molecule has 3 rings (SSSR count). The maximum Gasteiger partial charge on any atom is 0.333 e. The van der Waals surface area contributed by atoms with Crippen LogP contribution in [0.1, 0.15) is 84.1 Å². The maximum absolute atomic E-state index is 15.3. The van der Waals surface area contributed by atoms with Gasteiger partial charge in [0.1, 0.15) is 5.75 Å². The van der Waals surface area contributed by atoms with Crippen molar-refractivity contribution in [1.29, 1.82) is 0 Å². The van der Waals surface area contributed by atoms with Crippen LogP contribution in [-0.2, 0) is 9.53 Å². The molecule has 42 heavy (non-hydrogen) atoms. The topological polar surface area (TPSA) is 55.8 Å². The van der Waals surface area contributed by atoms with Gasteiger partial charge in [-0.05, 0) is 67.3 Å². The summed E-state index contributed by atoms with van der Waals surface area (Å²) < 4.78 is 41.5. The van der Waals surface area contributed by atoms with Gasteiger partial charge in [0.15, 0.2) is 11.6 Å². The zero-order chi connectivity index (χ0) is 30.0. The van der Waals surface area contributed by atoms with E-state index in [1.54, 1.807) is 43.3 Å². The van der Waals surface area contributed by atoms with E-state index in [1.807, 2.05) is 0 Å². The SMILES string of the molecule is C.C=C(C)C(=O)OCC(CO)CCCOc1ccc(-c2ccc(C3CCC([Si](C)(C)CCCC)CC3)c(F)c2F)cc1. The molecule has 7 heteroatoms. The predicted octanol–water partition coefficient (Wildman–Crippen LogP) is 9.69. The molecule has 0 bridgehead atoms. The first kappa shape index (κ1) is 35.7. The smallest absolute Gasteiger partial charge is 0.333 e. The first-order valence-corrected chi connectivity index (χ1v) is 18.5. The molecular formula is C35H52F2O4Si. The molecule has 1 unspecified atom stereocenters. The highest BCUT2D eigenvalue weighted by molar-refractivity contribution is 6.78. The number of ether oxygens (including phenoxy) is 2. The first-order chi connectivity index (χ1) is 19.6. The Labute approximate surface area is 253 Å². The molecule has 1 fully saturated rings. The van der Waals surface area contributed by atoms with E-state index < -0.39 is 25.7 Å². The van der Waals surface area contributed by atoms with Crippen LogP contribution in [0.5, 0.6) is 5.75 Å². The average Bonchev–Trinajstić information content (AvgIpc) is 2.97. The van der Waals surface area contributed by atoms with E-state index in [1.165, 1.54) is 18.9 Å². The molecule has 1 aliphatic carbocycles. The Morgan fingerprint density at radius 3 is 2.31 bits per heavy atom. The molecular weight excluding hydrogens is 550 g/mol. The Hall–Kier alpha value is -2.51. The number of halogens is 2. The van der Waals surface area contributed by atoms with Crippen molar-refractivity contribution >= 4 is 14.0 Å². The number of hydrogen-bond donors (Lipinski definition) is 1. The summed E-state index contributed by atoms with van der Waals surface area (Å²) in [5.74, 6) is -1.40. The van der Waals surface area contributed by atoms with Crippen LogP contribution in [0, 0.1) is 17.6 Å². The maximum atomic E-state index is 15.3. The molecule has 0 saturated heterocycles. The lowest BCUT2D eigenvalue weighted by atomic mass is 9.83. The molecule has 1 atom stereocenters. The van der Waals surface area contributed by atoms with E-state index >= 15 is 8.78 Å². The monoisotopic (exact) mass is 602 g/mol. The molecule has 0 radical (unpaired) electrons. The van der Waals surface area contributed by atoms with Gasteiger partial charge in [0.2, 0.25) is 0 Å². The third kappa shape index (κ3) is 9.77. The van der Waals surface area contributed by atoms with E-state index in [2.05, 4.69) is 26.6 Å². The second-order valence-corrected chi connectivity index (χ2v) is 17.7. The van der Waals surface area contributed by atoms with Crippen molar-refractivity contribution in [2.45, 2.75) is 103 Å². The standard InChI is InChI=1S/C34H48F2O4Si.CH4/c1-6-7-21-41(4,5)29-16-12-27(13-17-29)31-19-18-30(32(35)33(31)36)26-10-14-28(15-11-26)39-20-8-9-25(22-37)23-40-34(38)24(2)3;/h10-11,14-15,18-19,25,27,29,37H,2,6-9,12-13,16-17,20-23H2,1,3-5H3;1H4. The summed E-state index contributed by atoms with van der Waals surface area (Å²) in [4.78, 5) is 11.5. The van der Waals surface area contributed by atoms with Crippen LogP contribution >= 0.6 is 0 Å². The van der Waals surface area contributed by atoms with Gasteiger partial charge in [-0.1, -0.05) is 90.0 Å². The van der Waals surface area contributed by atoms with Gasteiger partial charge in [0.25, 0.3) is 0 Å². The Balaban J connectivity index is 0.00000616. The minimum Gasteiger partial charge on any atom is -0.494 e. The van der Waals surface area contributed by atoms with Crippen LogP contribution in [0.15, 0.2) is 48.6 Å². The van der Waals surface area contributed by atoms with Gasteiger partial charge in [-0.15, -0.1) is 0 Å². The molecule has 4 nitrogen and oxygen atoms in total. The highest BCUT2D eigenvalue weighted by atomic mass is 28.3. The van der Waals surface area contributed by atoms with E-state index in [9.17, 15) is 9.90 Å². The third-order valence-electron chi connectivity index (χ3n) is 8.81. The van der Waals surface area contributed by atoms with Crippen molar-refractivity contribution in [3.05, 3.63) is 65.7 Å². The summed E-state index contributed by atoms with van der Waals surface area (Å²) >= 11 is 0. The summed E-state index contributed by atoms with van der Waals surface area (Å²) in [6.45, 7) is 12.8. The predicted molar refractivity (Wildman–Crippen MR) is 172 cm³/mol. The van der Waals surface area contributed by atoms with E-state index in [-0.39, 0.29) is 38.0 Å². The minimum atomic E-state index is -1.27. The van der Waals surface area contributed by atoms with Gasteiger partial charge in [0.05, 0.1) is 21.3 Å². The number of hydrogen-bond acceptors (Lipinski definition) is 4. The number of rotatable bonds is 15. The molecule has 0 aliphatic heterocycles. The minimum absolute atomic E-state index is 0. The zero-order valence-corrected chi connectivity index (χ0v) is 26.3. The number of carbonyl (C=O) groups excluding carboxylic acids is 1. The Morgan fingerprint density at radius 1 is 1.05 bits per heavy atom. The van der Waals surface area contributed by atoms with Crippen molar-refractivity contribution in [3.8, 4) is 16.9 Å². The van der Waals surface area contributed by atoms with Crippen molar-refractivity contribution in [2.75, 3.05) is 19.8 Å². The second kappa shape index (κ2) is 17.0. The lowest BCUT2D eigenvalue weighted by Gasteiger charge is -2.38. The van der Waals surface area contributed by atoms with Gasteiger partial charge in [-0.3, -0.25) is 0 Å². The number of aliphatic hydroxyl groups is 1. The van der Waals surface area contributed by atoms with Crippen LogP contribution < -0.4 is 4.74 Å². The van der Waals surface area contributed by atoms with Crippen LogP contribution in [0.25, 0.3) is 11.1 Å². The van der Waals surface area contributed by atoms with Crippen LogP contribution in [-0.4, -0.2) is 39.0 Å². The number of carbonyl (C=O) groups is 1. The molecule has 1 saturated carbocycles. The normalized spacial score (nSPS) is 17.7. The fourth-order valence-electron chi connectivity index (χ4n) is 5.96. The fraction of sp³-hybridized carbons (Fsp3) is 0.571. The van der Waals surface area contributed by atoms with Crippen LogP contribution in [0.4, 0.5) is 8.78 Å². The van der Waals surface area contributed by atoms with Gasteiger partial charge in [0, 0.05) is 23.7 Å². The third-order valence-corrected chi connectivity index (χ3v) is 13.2. The Morgan fingerprint density at radius 2 is 1.71 bits per heavy atom. The highest BCUT2D eigenvalue weighted by Crippen LogP contribution is 2.46. The molecule has 0 heterocycles. The van der Waals surface area contributed by atoms with Crippen molar-refractivity contribution < 1.29 is 28.2 Å². The molecule has 2 aromatic carbocycles. The Kier molecular flexibility index (Phi) is 14.4. The van der Waals surface area contributed by atoms with Crippen LogP contribution in [0.2, 0.25) is 24.7 Å². The quantitative estimate of drug-likeness (QED) is 0.0954. The first-order valence-electron chi connectivity index (χ1n) is 15.2. The number of aliphatic hydroxyl groups excluding tert-OH is 1. The lowest BCUT2D eigenvalue weighted by molar-refractivity contribution is -0.140. The summed E-state index contributed by atoms with van der Waals surface area (Å²) in [5.41, 5.74) is 2.49. The average molecular weight is 603 g/mol. The number of unbranched alkanes of at least 4 members (excludes halogenated alkanes) is 1. The number of benzene rings is 2. The van der Waals surface area contributed by atoms with E-state index in [0.717, 1.165) is 31.2 Å². The lowest BCUT2D eigenvalue weighted by Crippen LogP contribution is -2.34. The molecule has 0 aromatic heterocycles. The molecule has 0 amide bonds. The van der Waals surface area contributed by atoms with Crippen molar-refractivity contribution in [2.24, 2.45) is 5.92 Å². The van der Waals surface area contributed by atoms with Gasteiger partial charge < -0.3 is 14.6 Å². The van der Waals surface area contributed by atoms with Gasteiger partial charge in [-0.25, -0.2) is 13.6 Å². The van der Waals surface area contributed by atoms with Crippen LogP contribution in [0.3, 0.4) is 0 Å². The molecule has 2 aromatic rings. The molecule has 1 aliphatic rings. The summed E-state index contributed by atoms with van der Waals surface area (Å²) in [7, 11) is -1.27. The zero-order valence-electron chi connectivity index (χ0n) is 25.3. The van der Waals surface area contributed by atoms with E-state index in [0.29, 0.717) is 41.9 Å². The van der Waals surface area contributed by atoms with E-state index in [4.69, 9.17) is 9.47 Å². The fourth-order valence-corrected chi connectivity index (χ4v) is 9.53. The molecule has 1 N–H and O–H groups in total. The molecule has 0 spiro atoms. The highest BCUT2D eigenvalue weighted by Gasteiger charge is 2.35. The summed E-state index contributed by atoms with van der Waals surface area (Å²) in [6, 6.07) is 11.9.